The van der Waals surface area contributed by atoms with Gasteiger partial charge in [0.15, 0.2) is 0 Å². The highest BCUT2D eigenvalue weighted by atomic mass is 16.1. The fraction of sp³-hybridized carbons (Fsp3) is 0.167. The molecule has 2 heterocycles. The standard InChI is InChI=1S/C18H18N4O/c1-12(2)21-18(23)16-9-8-14(11-20-16)22-15-7-3-5-13-6-4-10-19-17(13)15/h3-12,22H,1-2H3,(H,21,23). The average molecular weight is 306 g/mol. The van der Waals surface area contributed by atoms with E-state index in [0.29, 0.717) is 5.69 Å². The third-order valence-corrected chi connectivity index (χ3v) is 3.33. The summed E-state index contributed by atoms with van der Waals surface area (Å²) in [5.41, 5.74) is 3.02. The Morgan fingerprint density at radius 1 is 1.04 bits per heavy atom. The van der Waals surface area contributed by atoms with Crippen LogP contribution in [0.2, 0.25) is 0 Å². The van der Waals surface area contributed by atoms with Crippen molar-refractivity contribution in [1.29, 1.82) is 0 Å². The molecule has 0 aliphatic rings. The Morgan fingerprint density at radius 2 is 1.87 bits per heavy atom. The Kier molecular flexibility index (Phi) is 4.19. The molecule has 116 valence electrons. The van der Waals surface area contributed by atoms with E-state index >= 15 is 0 Å². The van der Waals surface area contributed by atoms with Crippen LogP contribution in [0.4, 0.5) is 11.4 Å². The lowest BCUT2D eigenvalue weighted by atomic mass is 10.2. The van der Waals surface area contributed by atoms with Crippen molar-refractivity contribution in [2.75, 3.05) is 5.32 Å². The van der Waals surface area contributed by atoms with Gasteiger partial charge in [-0.25, -0.2) is 4.98 Å². The van der Waals surface area contributed by atoms with Crippen molar-refractivity contribution in [2.45, 2.75) is 19.9 Å². The van der Waals surface area contributed by atoms with E-state index in [1.54, 1.807) is 18.5 Å². The molecule has 5 heteroatoms. The maximum absolute atomic E-state index is 11.9. The van der Waals surface area contributed by atoms with Gasteiger partial charge in [-0.15, -0.1) is 0 Å². The maximum atomic E-state index is 11.9. The van der Waals surface area contributed by atoms with Crippen molar-refractivity contribution in [1.82, 2.24) is 15.3 Å². The third-order valence-electron chi connectivity index (χ3n) is 3.33. The molecule has 0 aliphatic carbocycles. The van der Waals surface area contributed by atoms with E-state index in [-0.39, 0.29) is 11.9 Å². The number of hydrogen-bond acceptors (Lipinski definition) is 4. The minimum Gasteiger partial charge on any atom is -0.352 e. The molecule has 23 heavy (non-hydrogen) atoms. The lowest BCUT2D eigenvalue weighted by molar-refractivity contribution is 0.0938. The first-order valence-electron chi connectivity index (χ1n) is 7.51. The van der Waals surface area contributed by atoms with Crippen LogP contribution in [0.15, 0.2) is 54.9 Å². The van der Waals surface area contributed by atoms with E-state index in [0.717, 1.165) is 22.3 Å². The Labute approximate surface area is 134 Å². The number of carbonyl (C=O) groups excluding carboxylic acids is 1. The Hall–Kier alpha value is -2.95. The van der Waals surface area contributed by atoms with Crippen LogP contribution in [0.1, 0.15) is 24.3 Å². The molecule has 0 spiro atoms. The van der Waals surface area contributed by atoms with Crippen molar-refractivity contribution in [3.63, 3.8) is 0 Å². The van der Waals surface area contributed by atoms with Gasteiger partial charge < -0.3 is 10.6 Å². The van der Waals surface area contributed by atoms with E-state index in [4.69, 9.17) is 0 Å². The number of rotatable bonds is 4. The quantitative estimate of drug-likeness (QED) is 0.774. The highest BCUT2D eigenvalue weighted by Gasteiger charge is 2.08. The van der Waals surface area contributed by atoms with E-state index < -0.39 is 0 Å². The summed E-state index contributed by atoms with van der Waals surface area (Å²) < 4.78 is 0. The summed E-state index contributed by atoms with van der Waals surface area (Å²) in [6.45, 7) is 3.84. The van der Waals surface area contributed by atoms with Crippen LogP contribution in [-0.2, 0) is 0 Å². The molecular formula is C18H18N4O. The molecule has 1 amide bonds. The van der Waals surface area contributed by atoms with E-state index in [1.807, 2.05) is 50.2 Å². The average Bonchev–Trinajstić information content (AvgIpc) is 2.55. The highest BCUT2D eigenvalue weighted by molar-refractivity contribution is 5.93. The van der Waals surface area contributed by atoms with Gasteiger partial charge in [0, 0.05) is 17.6 Å². The molecule has 0 saturated heterocycles. The topological polar surface area (TPSA) is 66.9 Å². The number of nitrogens with one attached hydrogen (secondary N) is 2. The zero-order chi connectivity index (χ0) is 16.2. The Balaban J connectivity index is 1.81. The molecule has 2 N–H and O–H groups in total. The molecule has 3 aromatic rings. The van der Waals surface area contributed by atoms with Crippen LogP contribution in [0.25, 0.3) is 10.9 Å². The molecule has 0 unspecified atom stereocenters. The third kappa shape index (κ3) is 3.45. The number of benzene rings is 1. The Morgan fingerprint density at radius 3 is 2.61 bits per heavy atom. The zero-order valence-corrected chi connectivity index (χ0v) is 13.1. The summed E-state index contributed by atoms with van der Waals surface area (Å²) in [6, 6.07) is 13.5. The number of para-hydroxylation sites is 1. The molecule has 0 radical (unpaired) electrons. The number of anilines is 2. The van der Waals surface area contributed by atoms with Gasteiger partial charge in [-0.2, -0.15) is 0 Å². The van der Waals surface area contributed by atoms with Gasteiger partial charge in [-0.3, -0.25) is 9.78 Å². The first-order valence-corrected chi connectivity index (χ1v) is 7.51. The second kappa shape index (κ2) is 6.44. The molecule has 0 aliphatic heterocycles. The van der Waals surface area contributed by atoms with Gasteiger partial charge in [0.05, 0.1) is 23.1 Å². The van der Waals surface area contributed by atoms with Gasteiger partial charge in [0.1, 0.15) is 5.69 Å². The summed E-state index contributed by atoms with van der Waals surface area (Å²) in [4.78, 5) is 20.5. The molecule has 5 nitrogen and oxygen atoms in total. The highest BCUT2D eigenvalue weighted by Crippen LogP contribution is 2.24. The molecule has 0 saturated carbocycles. The molecule has 0 atom stereocenters. The van der Waals surface area contributed by atoms with Gasteiger partial charge in [-0.1, -0.05) is 18.2 Å². The summed E-state index contributed by atoms with van der Waals surface area (Å²) in [5, 5.41) is 7.19. The minimum atomic E-state index is -0.168. The molecule has 0 bridgehead atoms. The Bertz CT molecular complexity index is 823. The van der Waals surface area contributed by atoms with Gasteiger partial charge in [0.25, 0.3) is 5.91 Å². The molecular weight excluding hydrogens is 288 g/mol. The maximum Gasteiger partial charge on any atom is 0.270 e. The lowest BCUT2D eigenvalue weighted by Crippen LogP contribution is -2.30. The van der Waals surface area contributed by atoms with Crippen molar-refractivity contribution in [2.24, 2.45) is 0 Å². The summed E-state index contributed by atoms with van der Waals surface area (Å²) in [6.07, 6.45) is 3.42. The number of fused-ring (bicyclic) bond motifs is 1. The van der Waals surface area contributed by atoms with E-state index in [2.05, 4.69) is 20.6 Å². The predicted octanol–water partition coefficient (Wildman–Crippen LogP) is 3.51. The predicted molar refractivity (Wildman–Crippen MR) is 91.9 cm³/mol. The first-order chi connectivity index (χ1) is 11.1. The summed E-state index contributed by atoms with van der Waals surface area (Å²) >= 11 is 0. The molecule has 1 aromatic carbocycles. The van der Waals surface area contributed by atoms with Crippen molar-refractivity contribution < 1.29 is 4.79 Å². The fourth-order valence-electron chi connectivity index (χ4n) is 2.30. The number of hydrogen-bond donors (Lipinski definition) is 2. The summed E-state index contributed by atoms with van der Waals surface area (Å²) in [7, 11) is 0. The first kappa shape index (κ1) is 15.0. The van der Waals surface area contributed by atoms with Crippen LogP contribution in [0.3, 0.4) is 0 Å². The van der Waals surface area contributed by atoms with Gasteiger partial charge in [-0.05, 0) is 38.1 Å². The second-order valence-electron chi connectivity index (χ2n) is 5.57. The van der Waals surface area contributed by atoms with Crippen LogP contribution in [0, 0.1) is 0 Å². The number of pyridine rings is 2. The van der Waals surface area contributed by atoms with Crippen molar-refractivity contribution in [3.8, 4) is 0 Å². The van der Waals surface area contributed by atoms with Gasteiger partial charge >= 0.3 is 0 Å². The van der Waals surface area contributed by atoms with Crippen LogP contribution in [0.5, 0.6) is 0 Å². The number of nitrogens with zero attached hydrogens (tertiary/aromatic N) is 2. The van der Waals surface area contributed by atoms with Gasteiger partial charge in [0.2, 0.25) is 0 Å². The molecule has 0 fully saturated rings. The lowest BCUT2D eigenvalue weighted by Gasteiger charge is -2.10. The zero-order valence-electron chi connectivity index (χ0n) is 13.1. The van der Waals surface area contributed by atoms with Crippen molar-refractivity contribution in [3.05, 3.63) is 60.6 Å². The summed E-state index contributed by atoms with van der Waals surface area (Å²) in [5.74, 6) is -0.168. The van der Waals surface area contributed by atoms with Crippen molar-refractivity contribution >= 4 is 28.2 Å². The monoisotopic (exact) mass is 306 g/mol. The number of aromatic nitrogens is 2. The molecule has 2 aromatic heterocycles. The van der Waals surface area contributed by atoms with E-state index in [1.165, 1.54) is 0 Å². The normalized spacial score (nSPS) is 10.7. The minimum absolute atomic E-state index is 0.0869. The van der Waals surface area contributed by atoms with Crippen LogP contribution in [-0.4, -0.2) is 21.9 Å². The molecule has 3 rings (SSSR count). The number of amides is 1. The fourth-order valence-corrected chi connectivity index (χ4v) is 2.30. The number of carbonyl (C=O) groups is 1. The van der Waals surface area contributed by atoms with E-state index in [9.17, 15) is 4.79 Å². The largest absolute Gasteiger partial charge is 0.352 e. The van der Waals surface area contributed by atoms with Crippen LogP contribution >= 0.6 is 0 Å². The SMILES string of the molecule is CC(C)NC(=O)c1ccc(Nc2cccc3cccnc23)cn1. The smallest absolute Gasteiger partial charge is 0.270 e. The van der Waals surface area contributed by atoms with Crippen LogP contribution < -0.4 is 10.6 Å². The second-order valence-corrected chi connectivity index (χ2v) is 5.57.